The van der Waals surface area contributed by atoms with Crippen molar-refractivity contribution in [2.24, 2.45) is 5.10 Å². The van der Waals surface area contributed by atoms with E-state index in [1.54, 1.807) is 25.5 Å². The van der Waals surface area contributed by atoms with Crippen molar-refractivity contribution < 1.29 is 18.8 Å². The van der Waals surface area contributed by atoms with Crippen LogP contribution in [0.3, 0.4) is 0 Å². The molecule has 162 valence electrons. The van der Waals surface area contributed by atoms with Crippen LogP contribution in [0.15, 0.2) is 47.6 Å². The van der Waals surface area contributed by atoms with E-state index in [1.807, 2.05) is 58.4 Å². The molecule has 1 aromatic heterocycles. The number of carbonyl (C=O) groups is 1. The highest BCUT2D eigenvalue weighted by molar-refractivity contribution is 5.83. The maximum atomic E-state index is 11.9. The summed E-state index contributed by atoms with van der Waals surface area (Å²) >= 11 is 0. The summed E-state index contributed by atoms with van der Waals surface area (Å²) in [6.07, 6.45) is 1.57. The molecule has 0 spiro atoms. The summed E-state index contributed by atoms with van der Waals surface area (Å²) in [6.45, 7) is 2.53. The van der Waals surface area contributed by atoms with Crippen molar-refractivity contribution in [2.45, 2.75) is 13.5 Å². The van der Waals surface area contributed by atoms with Crippen molar-refractivity contribution in [1.82, 2.24) is 15.4 Å². The van der Waals surface area contributed by atoms with Gasteiger partial charge in [-0.15, -0.1) is 0 Å². The van der Waals surface area contributed by atoms with Crippen molar-refractivity contribution >= 4 is 23.2 Å². The van der Waals surface area contributed by atoms with E-state index in [9.17, 15) is 4.79 Å². The lowest BCUT2D eigenvalue weighted by molar-refractivity contribution is -0.862. The topological polar surface area (TPSA) is 85.7 Å². The molecule has 3 rings (SSSR count). The maximum Gasteiger partial charge on any atom is 0.295 e. The van der Waals surface area contributed by atoms with Crippen molar-refractivity contribution in [3.8, 4) is 11.5 Å². The number of benzene rings is 2. The predicted molar refractivity (Wildman–Crippen MR) is 120 cm³/mol. The van der Waals surface area contributed by atoms with Crippen LogP contribution in [0.5, 0.6) is 11.5 Å². The number of nitrogens with zero attached hydrogens (tertiary/aromatic N) is 4. The number of methoxy groups -OCH3 is 1. The number of likely N-dealkylation sites (N-methyl/N-ethyl adjacent to an activating group) is 1. The van der Waals surface area contributed by atoms with Crippen LogP contribution in [-0.4, -0.2) is 61.4 Å². The average Bonchev–Trinajstić information content (AvgIpc) is 2.71. The van der Waals surface area contributed by atoms with Crippen LogP contribution in [0, 0.1) is 6.92 Å². The van der Waals surface area contributed by atoms with Crippen molar-refractivity contribution in [1.29, 1.82) is 0 Å². The van der Waals surface area contributed by atoms with Crippen LogP contribution in [0.1, 0.15) is 17.0 Å². The number of aromatic nitrogens is 2. The van der Waals surface area contributed by atoms with Gasteiger partial charge in [-0.25, -0.2) is 15.4 Å². The molecule has 1 N–H and O–H groups in total. The normalized spacial score (nSPS) is 11.6. The number of carbonyl (C=O) groups excluding carboxylic acids is 1. The second-order valence-corrected chi connectivity index (χ2v) is 8.19. The van der Waals surface area contributed by atoms with Crippen LogP contribution in [0.25, 0.3) is 11.0 Å². The number of hydrazone groups is 1. The van der Waals surface area contributed by atoms with Gasteiger partial charge in [0.05, 0.1) is 56.9 Å². The third-order valence-corrected chi connectivity index (χ3v) is 4.42. The zero-order valence-corrected chi connectivity index (χ0v) is 18.5. The molecular weight excluding hydrogens is 394 g/mol. The summed E-state index contributed by atoms with van der Waals surface area (Å²) in [6, 6.07) is 13.2. The lowest BCUT2D eigenvalue weighted by Crippen LogP contribution is -2.43. The number of para-hydroxylation sites is 2. The van der Waals surface area contributed by atoms with Gasteiger partial charge in [-0.05, 0) is 42.8 Å². The monoisotopic (exact) mass is 422 g/mol. The summed E-state index contributed by atoms with van der Waals surface area (Å²) < 4.78 is 11.9. The zero-order chi connectivity index (χ0) is 22.4. The Bertz CT molecular complexity index is 1110. The molecule has 8 heteroatoms. The largest absolute Gasteiger partial charge is 0.493 e. The second kappa shape index (κ2) is 9.53. The fraction of sp³-hybridized carbons (Fsp3) is 0.304. The van der Waals surface area contributed by atoms with Gasteiger partial charge in [0.15, 0.2) is 18.0 Å². The number of hydrogen-bond acceptors (Lipinski definition) is 6. The SMILES string of the molecule is COc1cc(/C=N/NC(=O)C[N+](C)(C)C)ccc1OCc1nc2ccccc2nc1C. The molecule has 0 saturated heterocycles. The van der Waals surface area contributed by atoms with E-state index in [-0.39, 0.29) is 12.5 Å². The Kier molecular flexibility index (Phi) is 6.81. The third-order valence-electron chi connectivity index (χ3n) is 4.42. The van der Waals surface area contributed by atoms with E-state index < -0.39 is 0 Å². The summed E-state index contributed by atoms with van der Waals surface area (Å²) in [5.41, 5.74) is 6.59. The first-order valence-corrected chi connectivity index (χ1v) is 9.90. The van der Waals surface area contributed by atoms with E-state index in [1.165, 1.54) is 0 Å². The number of fused-ring (bicyclic) bond motifs is 1. The molecule has 0 aliphatic carbocycles. The number of quaternary nitrogens is 1. The zero-order valence-electron chi connectivity index (χ0n) is 18.5. The van der Waals surface area contributed by atoms with E-state index in [2.05, 4.69) is 20.5 Å². The molecule has 0 radical (unpaired) electrons. The Hall–Kier alpha value is -3.52. The summed E-state index contributed by atoms with van der Waals surface area (Å²) in [5.74, 6) is 0.999. The molecule has 0 atom stereocenters. The molecule has 1 heterocycles. The van der Waals surface area contributed by atoms with Gasteiger partial charge in [-0.2, -0.15) is 5.10 Å². The minimum absolute atomic E-state index is 0.150. The van der Waals surface area contributed by atoms with Gasteiger partial charge in [0.2, 0.25) is 0 Å². The molecule has 0 fully saturated rings. The minimum Gasteiger partial charge on any atom is -0.493 e. The van der Waals surface area contributed by atoms with Gasteiger partial charge >= 0.3 is 0 Å². The Labute approximate surface area is 182 Å². The van der Waals surface area contributed by atoms with Gasteiger partial charge in [0.1, 0.15) is 6.61 Å². The molecule has 31 heavy (non-hydrogen) atoms. The van der Waals surface area contributed by atoms with Gasteiger partial charge in [-0.1, -0.05) is 12.1 Å². The maximum absolute atomic E-state index is 11.9. The Morgan fingerprint density at radius 1 is 1.10 bits per heavy atom. The predicted octanol–water partition coefficient (Wildman–Crippen LogP) is 2.68. The summed E-state index contributed by atoms with van der Waals surface area (Å²) in [4.78, 5) is 21.1. The molecule has 0 saturated carbocycles. The van der Waals surface area contributed by atoms with Crippen molar-refractivity contribution in [3.05, 3.63) is 59.4 Å². The van der Waals surface area contributed by atoms with Crippen LogP contribution >= 0.6 is 0 Å². The van der Waals surface area contributed by atoms with E-state index in [0.29, 0.717) is 22.5 Å². The average molecular weight is 423 g/mol. The lowest BCUT2D eigenvalue weighted by atomic mass is 10.2. The Morgan fingerprint density at radius 3 is 2.48 bits per heavy atom. The quantitative estimate of drug-likeness (QED) is 0.343. The number of rotatable bonds is 8. The van der Waals surface area contributed by atoms with Crippen LogP contribution < -0.4 is 14.9 Å². The van der Waals surface area contributed by atoms with Crippen molar-refractivity contribution in [2.75, 3.05) is 34.8 Å². The molecule has 3 aromatic rings. The lowest BCUT2D eigenvalue weighted by Gasteiger charge is -2.21. The fourth-order valence-electron chi connectivity index (χ4n) is 2.94. The highest BCUT2D eigenvalue weighted by atomic mass is 16.5. The molecule has 2 aromatic carbocycles. The molecule has 0 aliphatic rings. The van der Waals surface area contributed by atoms with Crippen molar-refractivity contribution in [3.63, 3.8) is 0 Å². The first-order valence-electron chi connectivity index (χ1n) is 9.90. The Morgan fingerprint density at radius 2 is 1.81 bits per heavy atom. The number of nitrogens with one attached hydrogen (secondary N) is 1. The highest BCUT2D eigenvalue weighted by Crippen LogP contribution is 2.28. The standard InChI is InChI=1S/C23H27N5O3/c1-16-20(26-19-9-7-6-8-18(19)25-16)15-31-21-11-10-17(12-22(21)30-5)13-24-27-23(29)14-28(2,3)4/h6-13H,14-15H2,1-5H3/p+1/b24-13+. The number of amides is 1. The smallest absolute Gasteiger partial charge is 0.295 e. The number of aryl methyl sites for hydroxylation is 1. The van der Waals surface area contributed by atoms with Gasteiger partial charge in [-0.3, -0.25) is 4.79 Å². The molecule has 8 nitrogen and oxygen atoms in total. The number of hydrogen-bond donors (Lipinski definition) is 1. The first kappa shape index (κ1) is 22.2. The van der Waals surface area contributed by atoms with E-state index in [4.69, 9.17) is 9.47 Å². The molecule has 0 aliphatic heterocycles. The Balaban J connectivity index is 1.67. The molecular formula is C23H28N5O3+. The molecule has 1 amide bonds. The number of ether oxygens (including phenoxy) is 2. The highest BCUT2D eigenvalue weighted by Gasteiger charge is 2.13. The molecule has 0 unspecified atom stereocenters. The van der Waals surface area contributed by atoms with Crippen LogP contribution in [-0.2, 0) is 11.4 Å². The van der Waals surface area contributed by atoms with E-state index >= 15 is 0 Å². The summed E-state index contributed by atoms with van der Waals surface area (Å²) in [7, 11) is 7.40. The first-order chi connectivity index (χ1) is 14.7. The van der Waals surface area contributed by atoms with Gasteiger partial charge in [0.25, 0.3) is 5.91 Å². The van der Waals surface area contributed by atoms with Crippen LogP contribution in [0.4, 0.5) is 0 Å². The summed E-state index contributed by atoms with van der Waals surface area (Å²) in [5, 5.41) is 4.02. The fourth-order valence-corrected chi connectivity index (χ4v) is 2.94. The van der Waals surface area contributed by atoms with Gasteiger partial charge in [0, 0.05) is 0 Å². The third kappa shape index (κ3) is 6.23. The molecule has 0 bridgehead atoms. The van der Waals surface area contributed by atoms with E-state index in [0.717, 1.165) is 28.0 Å². The minimum atomic E-state index is -0.150. The van der Waals surface area contributed by atoms with Gasteiger partial charge < -0.3 is 14.0 Å². The second-order valence-electron chi connectivity index (χ2n) is 8.19. The van der Waals surface area contributed by atoms with Crippen LogP contribution in [0.2, 0.25) is 0 Å².